The van der Waals surface area contributed by atoms with Crippen LogP contribution < -0.4 is 10.6 Å². The zero-order valence-corrected chi connectivity index (χ0v) is 9.19. The molecule has 1 amide bonds. The summed E-state index contributed by atoms with van der Waals surface area (Å²) in [5.74, 6) is 0.538. The monoisotopic (exact) mass is 219 g/mol. The second-order valence-corrected chi connectivity index (χ2v) is 3.41. The average Bonchev–Trinajstić information content (AvgIpc) is 2.69. The Morgan fingerprint density at radius 3 is 3.06 bits per heavy atom. The highest BCUT2D eigenvalue weighted by Crippen LogP contribution is 2.17. The van der Waals surface area contributed by atoms with Gasteiger partial charge in [-0.3, -0.25) is 4.79 Å². The number of fused-ring (bicyclic) bond motifs is 1. The summed E-state index contributed by atoms with van der Waals surface area (Å²) in [5, 5.41) is 5.49. The van der Waals surface area contributed by atoms with Gasteiger partial charge in [-0.25, -0.2) is 9.97 Å². The molecule has 0 atom stereocenters. The van der Waals surface area contributed by atoms with Crippen LogP contribution in [0.4, 0.5) is 5.82 Å². The number of amides is 1. The van der Waals surface area contributed by atoms with Gasteiger partial charge in [-0.2, -0.15) is 0 Å². The molecule has 2 aromatic rings. The van der Waals surface area contributed by atoms with Crippen LogP contribution in [0.1, 0.15) is 0 Å². The summed E-state index contributed by atoms with van der Waals surface area (Å²) >= 11 is 0. The van der Waals surface area contributed by atoms with E-state index < -0.39 is 0 Å². The molecule has 0 bridgehead atoms. The van der Waals surface area contributed by atoms with E-state index in [1.807, 2.05) is 17.7 Å². The molecule has 0 saturated heterocycles. The summed E-state index contributed by atoms with van der Waals surface area (Å²) in [6, 6.07) is 1.88. The summed E-state index contributed by atoms with van der Waals surface area (Å²) in [6.07, 6.45) is 3.41. The molecule has 0 radical (unpaired) electrons. The second-order valence-electron chi connectivity index (χ2n) is 3.41. The van der Waals surface area contributed by atoms with Crippen molar-refractivity contribution in [2.45, 2.75) is 0 Å². The number of imidazole rings is 1. The number of pyridine rings is 1. The number of likely N-dealkylation sites (N-methyl/N-ethyl adjacent to an activating group) is 1. The van der Waals surface area contributed by atoms with Crippen LogP contribution in [0.15, 0.2) is 18.6 Å². The van der Waals surface area contributed by atoms with Crippen molar-refractivity contribution in [3.05, 3.63) is 18.6 Å². The number of aryl methyl sites for hydroxylation is 1. The number of carbonyl (C=O) groups excluding carboxylic acids is 1. The topological polar surface area (TPSA) is 71.8 Å². The number of nitrogens with zero attached hydrogens (tertiary/aromatic N) is 3. The normalized spacial score (nSPS) is 10.4. The maximum Gasteiger partial charge on any atom is 0.239 e. The van der Waals surface area contributed by atoms with Gasteiger partial charge in [0, 0.05) is 20.3 Å². The highest BCUT2D eigenvalue weighted by molar-refractivity contribution is 5.88. The van der Waals surface area contributed by atoms with Crippen LogP contribution in [-0.4, -0.2) is 34.0 Å². The molecule has 0 aliphatic heterocycles. The van der Waals surface area contributed by atoms with Gasteiger partial charge in [-0.1, -0.05) is 0 Å². The summed E-state index contributed by atoms with van der Waals surface area (Å²) < 4.78 is 1.90. The van der Waals surface area contributed by atoms with Crippen molar-refractivity contribution in [2.75, 3.05) is 18.9 Å². The number of rotatable bonds is 3. The van der Waals surface area contributed by atoms with Crippen LogP contribution in [0.3, 0.4) is 0 Å². The maximum absolute atomic E-state index is 11.1. The molecule has 84 valence electrons. The third-order valence-corrected chi connectivity index (χ3v) is 2.34. The van der Waals surface area contributed by atoms with Crippen LogP contribution in [0.25, 0.3) is 11.0 Å². The minimum absolute atomic E-state index is 0.0882. The molecule has 0 aromatic carbocycles. The highest BCUT2D eigenvalue weighted by Gasteiger charge is 2.07. The van der Waals surface area contributed by atoms with E-state index in [4.69, 9.17) is 0 Å². The molecule has 0 aliphatic rings. The van der Waals surface area contributed by atoms with Gasteiger partial charge in [0.1, 0.15) is 5.52 Å². The Hall–Kier alpha value is -2.11. The fourth-order valence-electron chi connectivity index (χ4n) is 1.44. The second kappa shape index (κ2) is 4.18. The number of nitrogens with one attached hydrogen (secondary N) is 2. The van der Waals surface area contributed by atoms with Crippen molar-refractivity contribution in [1.29, 1.82) is 0 Å². The van der Waals surface area contributed by atoms with E-state index in [1.54, 1.807) is 19.6 Å². The molecule has 0 saturated carbocycles. The molecule has 2 aromatic heterocycles. The summed E-state index contributed by atoms with van der Waals surface area (Å²) in [7, 11) is 3.51. The first-order valence-electron chi connectivity index (χ1n) is 4.93. The Morgan fingerprint density at radius 2 is 2.31 bits per heavy atom. The Kier molecular flexibility index (Phi) is 2.72. The Labute approximate surface area is 92.7 Å². The lowest BCUT2D eigenvalue weighted by molar-refractivity contribution is -0.118. The first kappa shape index (κ1) is 10.4. The maximum atomic E-state index is 11.1. The molecular formula is C10H13N5O. The predicted octanol–water partition coefficient (Wildman–Crippen LogP) is 0.126. The van der Waals surface area contributed by atoms with E-state index in [1.165, 1.54) is 0 Å². The first-order valence-corrected chi connectivity index (χ1v) is 4.93. The third-order valence-electron chi connectivity index (χ3n) is 2.34. The quantitative estimate of drug-likeness (QED) is 0.769. The molecule has 2 heterocycles. The van der Waals surface area contributed by atoms with Crippen molar-refractivity contribution in [1.82, 2.24) is 19.9 Å². The van der Waals surface area contributed by atoms with E-state index in [9.17, 15) is 4.79 Å². The van der Waals surface area contributed by atoms with Crippen LogP contribution in [-0.2, 0) is 11.8 Å². The number of carbonyl (C=O) groups is 1. The number of hydrogen-bond donors (Lipinski definition) is 2. The van der Waals surface area contributed by atoms with Gasteiger partial charge >= 0.3 is 0 Å². The van der Waals surface area contributed by atoms with Crippen molar-refractivity contribution in [2.24, 2.45) is 7.05 Å². The van der Waals surface area contributed by atoms with Gasteiger partial charge in [-0.05, 0) is 6.07 Å². The van der Waals surface area contributed by atoms with Gasteiger partial charge in [0.15, 0.2) is 5.82 Å². The molecule has 16 heavy (non-hydrogen) atoms. The average molecular weight is 219 g/mol. The first-order chi connectivity index (χ1) is 7.72. The highest BCUT2D eigenvalue weighted by atomic mass is 16.1. The van der Waals surface area contributed by atoms with E-state index in [2.05, 4.69) is 20.6 Å². The van der Waals surface area contributed by atoms with Gasteiger partial charge < -0.3 is 15.2 Å². The van der Waals surface area contributed by atoms with Crippen LogP contribution in [0.5, 0.6) is 0 Å². The number of hydrogen-bond acceptors (Lipinski definition) is 4. The summed E-state index contributed by atoms with van der Waals surface area (Å²) in [5.41, 5.74) is 1.75. The largest absolute Gasteiger partial charge is 0.359 e. The van der Waals surface area contributed by atoms with Gasteiger partial charge in [0.25, 0.3) is 0 Å². The fraction of sp³-hybridized carbons (Fsp3) is 0.300. The Balaban J connectivity index is 2.27. The lowest BCUT2D eigenvalue weighted by Gasteiger charge is -2.04. The third kappa shape index (κ3) is 1.81. The minimum atomic E-state index is -0.0882. The zero-order chi connectivity index (χ0) is 11.5. The molecule has 6 heteroatoms. The van der Waals surface area contributed by atoms with Crippen LogP contribution in [0.2, 0.25) is 0 Å². The molecule has 2 N–H and O–H groups in total. The van der Waals surface area contributed by atoms with E-state index in [0.717, 1.165) is 11.0 Å². The predicted molar refractivity (Wildman–Crippen MR) is 61.1 cm³/mol. The lowest BCUT2D eigenvalue weighted by Crippen LogP contribution is -2.26. The van der Waals surface area contributed by atoms with Crippen molar-refractivity contribution < 1.29 is 4.79 Å². The molecular weight excluding hydrogens is 206 g/mol. The van der Waals surface area contributed by atoms with Crippen molar-refractivity contribution in [3.63, 3.8) is 0 Å². The summed E-state index contributed by atoms with van der Waals surface area (Å²) in [4.78, 5) is 19.5. The summed E-state index contributed by atoms with van der Waals surface area (Å²) in [6.45, 7) is 0.194. The molecule has 6 nitrogen and oxygen atoms in total. The Morgan fingerprint density at radius 1 is 1.50 bits per heavy atom. The molecule has 0 fully saturated rings. The minimum Gasteiger partial charge on any atom is -0.359 e. The molecule has 2 rings (SSSR count). The van der Waals surface area contributed by atoms with E-state index in [-0.39, 0.29) is 12.5 Å². The standard InChI is InChI=1S/C10H13N5O/c1-11-8(16)5-13-10-9-7(3-4-12-10)15(2)6-14-9/h3-4,6H,5H2,1-2H3,(H,11,16)(H,12,13). The number of aromatic nitrogens is 3. The fourth-order valence-corrected chi connectivity index (χ4v) is 1.44. The van der Waals surface area contributed by atoms with E-state index in [0.29, 0.717) is 5.82 Å². The molecule has 0 spiro atoms. The Bertz CT molecular complexity index is 519. The molecule has 0 aliphatic carbocycles. The van der Waals surface area contributed by atoms with Gasteiger partial charge in [0.2, 0.25) is 5.91 Å². The zero-order valence-electron chi connectivity index (χ0n) is 9.19. The van der Waals surface area contributed by atoms with Crippen molar-refractivity contribution >= 4 is 22.8 Å². The van der Waals surface area contributed by atoms with Gasteiger partial charge in [-0.15, -0.1) is 0 Å². The number of anilines is 1. The van der Waals surface area contributed by atoms with E-state index >= 15 is 0 Å². The SMILES string of the molecule is CNC(=O)CNc1nccc2c1ncn2C. The van der Waals surface area contributed by atoms with Crippen molar-refractivity contribution in [3.8, 4) is 0 Å². The van der Waals surface area contributed by atoms with Crippen LogP contribution >= 0.6 is 0 Å². The molecule has 0 unspecified atom stereocenters. The van der Waals surface area contributed by atoms with Gasteiger partial charge in [0.05, 0.1) is 18.4 Å². The lowest BCUT2D eigenvalue weighted by atomic mass is 10.3. The van der Waals surface area contributed by atoms with Crippen LogP contribution in [0, 0.1) is 0 Å². The smallest absolute Gasteiger partial charge is 0.239 e.